The van der Waals surface area contributed by atoms with Crippen LogP contribution in [0.3, 0.4) is 0 Å². The fraction of sp³-hybridized carbons (Fsp3) is 0.667. The maximum Gasteiger partial charge on any atom is 0.223 e. The fourth-order valence-electron chi connectivity index (χ4n) is 4.28. The molecule has 0 spiro atoms. The Balaban J connectivity index is 2.57. The van der Waals surface area contributed by atoms with Gasteiger partial charge in [0, 0.05) is 78.0 Å². The average Bonchev–Trinajstić information content (AvgIpc) is 2.97. The number of amides is 4. The van der Waals surface area contributed by atoms with Gasteiger partial charge in [0.05, 0.1) is 0 Å². The third-order valence-corrected chi connectivity index (χ3v) is 6.71. The molecule has 0 aliphatic carbocycles. The van der Waals surface area contributed by atoms with Crippen molar-refractivity contribution in [3.8, 4) is 0 Å². The van der Waals surface area contributed by atoms with Crippen molar-refractivity contribution < 1.29 is 19.2 Å². The molecule has 1 aromatic carbocycles. The predicted molar refractivity (Wildman–Crippen MR) is 162 cm³/mol. The summed E-state index contributed by atoms with van der Waals surface area (Å²) in [7, 11) is 0. The lowest BCUT2D eigenvalue weighted by Crippen LogP contribution is -2.36. The first-order valence-corrected chi connectivity index (χ1v) is 15.1. The number of unbranched alkanes of at least 4 members (excludes halogenated alkanes) is 4. The van der Waals surface area contributed by atoms with Crippen molar-refractivity contribution in [1.29, 1.82) is 0 Å². The van der Waals surface area contributed by atoms with E-state index in [9.17, 15) is 19.2 Å². The minimum atomic E-state index is -0.122. The van der Waals surface area contributed by atoms with Crippen molar-refractivity contribution in [3.63, 3.8) is 0 Å². The van der Waals surface area contributed by atoms with Gasteiger partial charge in [-0.3, -0.25) is 19.2 Å². The standard InChI is InChI=1S/C30H53N7O4/c1-2-3-19-34-27(38)12-14-29(40)36(21-17-32)23-25-8-10-26(11-9-25)24-37(22-18-33)30(41)15-13-28(39)35-20-7-5-4-6-16-31/h8-11H,2-7,12-24,31-33H2,1H3,(H,34,38)(H,35,39). The van der Waals surface area contributed by atoms with Crippen molar-refractivity contribution in [2.75, 3.05) is 45.8 Å². The number of nitrogens with one attached hydrogen (secondary N) is 2. The summed E-state index contributed by atoms with van der Waals surface area (Å²) < 4.78 is 0. The second-order valence-corrected chi connectivity index (χ2v) is 10.3. The maximum absolute atomic E-state index is 12.8. The number of hydrogen-bond donors (Lipinski definition) is 5. The summed E-state index contributed by atoms with van der Waals surface area (Å²) >= 11 is 0. The number of benzene rings is 1. The molecule has 0 heterocycles. The zero-order chi connectivity index (χ0) is 30.3. The van der Waals surface area contributed by atoms with Crippen LogP contribution < -0.4 is 27.8 Å². The second kappa shape index (κ2) is 22.6. The molecule has 4 amide bonds. The van der Waals surface area contributed by atoms with E-state index in [4.69, 9.17) is 17.2 Å². The summed E-state index contributed by atoms with van der Waals surface area (Å²) in [5.74, 6) is -0.463. The van der Waals surface area contributed by atoms with Crippen LogP contribution in [0, 0.1) is 0 Å². The summed E-state index contributed by atoms with van der Waals surface area (Å²) in [5, 5.41) is 5.71. The van der Waals surface area contributed by atoms with Crippen LogP contribution in [0.5, 0.6) is 0 Å². The molecule has 8 N–H and O–H groups in total. The monoisotopic (exact) mass is 575 g/mol. The van der Waals surface area contributed by atoms with E-state index in [1.807, 2.05) is 24.3 Å². The first kappa shape index (κ1) is 36.0. The molecule has 0 bridgehead atoms. The Morgan fingerprint density at radius 2 is 1.05 bits per heavy atom. The summed E-state index contributed by atoms with van der Waals surface area (Å²) in [6.45, 7) is 6.21. The lowest BCUT2D eigenvalue weighted by molar-refractivity contribution is -0.134. The van der Waals surface area contributed by atoms with Crippen molar-refractivity contribution in [2.45, 2.75) is 84.2 Å². The van der Waals surface area contributed by atoms with Gasteiger partial charge in [0.15, 0.2) is 0 Å². The maximum atomic E-state index is 12.8. The van der Waals surface area contributed by atoms with Crippen LogP contribution in [0.4, 0.5) is 0 Å². The molecule has 41 heavy (non-hydrogen) atoms. The molecule has 11 heteroatoms. The molecule has 0 unspecified atom stereocenters. The largest absolute Gasteiger partial charge is 0.356 e. The Labute approximate surface area is 245 Å². The third kappa shape index (κ3) is 16.7. The van der Waals surface area contributed by atoms with Crippen LogP contribution in [0.15, 0.2) is 24.3 Å². The number of nitrogens with zero attached hydrogens (tertiary/aromatic N) is 2. The van der Waals surface area contributed by atoms with Gasteiger partial charge in [-0.05, 0) is 36.9 Å². The number of nitrogens with two attached hydrogens (primary N) is 3. The molecule has 1 aromatic rings. The highest BCUT2D eigenvalue weighted by Crippen LogP contribution is 2.12. The predicted octanol–water partition coefficient (Wildman–Crippen LogP) is 1.37. The molecule has 232 valence electrons. The Hall–Kier alpha value is -3.02. The summed E-state index contributed by atoms with van der Waals surface area (Å²) in [6, 6.07) is 7.71. The smallest absolute Gasteiger partial charge is 0.223 e. The van der Waals surface area contributed by atoms with E-state index in [2.05, 4.69) is 17.6 Å². The highest BCUT2D eigenvalue weighted by molar-refractivity contribution is 5.84. The first-order valence-electron chi connectivity index (χ1n) is 15.1. The van der Waals surface area contributed by atoms with Crippen molar-refractivity contribution >= 4 is 23.6 Å². The average molecular weight is 576 g/mol. The van der Waals surface area contributed by atoms with Gasteiger partial charge in [0.1, 0.15) is 0 Å². The summed E-state index contributed by atoms with van der Waals surface area (Å²) in [4.78, 5) is 53.0. The Kier molecular flexibility index (Phi) is 19.9. The molecule has 0 saturated heterocycles. The topological polar surface area (TPSA) is 177 Å². The molecular formula is C30H53N7O4. The molecule has 0 fully saturated rings. The summed E-state index contributed by atoms with van der Waals surface area (Å²) in [5.41, 5.74) is 18.8. The van der Waals surface area contributed by atoms with Crippen molar-refractivity contribution in [3.05, 3.63) is 35.4 Å². The van der Waals surface area contributed by atoms with Gasteiger partial charge in [-0.2, -0.15) is 0 Å². The van der Waals surface area contributed by atoms with Gasteiger partial charge in [0.2, 0.25) is 23.6 Å². The molecule has 0 aromatic heterocycles. The van der Waals surface area contributed by atoms with Crippen LogP contribution in [0.1, 0.15) is 82.3 Å². The van der Waals surface area contributed by atoms with Gasteiger partial charge < -0.3 is 37.6 Å². The van der Waals surface area contributed by atoms with Gasteiger partial charge in [-0.1, -0.05) is 50.5 Å². The minimum Gasteiger partial charge on any atom is -0.356 e. The van der Waals surface area contributed by atoms with Gasteiger partial charge >= 0.3 is 0 Å². The lowest BCUT2D eigenvalue weighted by atomic mass is 10.1. The first-order chi connectivity index (χ1) is 19.8. The Bertz CT molecular complexity index is 895. The number of carbonyl (C=O) groups excluding carboxylic acids is 4. The van der Waals surface area contributed by atoms with Gasteiger partial charge in [-0.25, -0.2) is 0 Å². The van der Waals surface area contributed by atoms with Crippen molar-refractivity contribution in [1.82, 2.24) is 20.4 Å². The molecule has 1 rings (SSSR count). The fourth-order valence-corrected chi connectivity index (χ4v) is 4.28. The number of hydrogen-bond acceptors (Lipinski definition) is 7. The van der Waals surface area contributed by atoms with E-state index in [1.54, 1.807) is 9.80 Å². The zero-order valence-electron chi connectivity index (χ0n) is 25.0. The zero-order valence-corrected chi connectivity index (χ0v) is 25.0. The molecule has 0 saturated carbocycles. The molecule has 0 atom stereocenters. The highest BCUT2D eigenvalue weighted by atomic mass is 16.2. The van der Waals surface area contributed by atoms with Crippen LogP contribution in [-0.2, 0) is 32.3 Å². The number of rotatable bonds is 23. The highest BCUT2D eigenvalue weighted by Gasteiger charge is 2.17. The van der Waals surface area contributed by atoms with E-state index in [0.29, 0.717) is 58.9 Å². The van der Waals surface area contributed by atoms with E-state index in [1.165, 1.54) is 0 Å². The van der Waals surface area contributed by atoms with Gasteiger partial charge in [-0.15, -0.1) is 0 Å². The van der Waals surface area contributed by atoms with Crippen LogP contribution in [0.2, 0.25) is 0 Å². The second-order valence-electron chi connectivity index (χ2n) is 10.3. The summed E-state index contributed by atoms with van der Waals surface area (Å²) in [6.07, 6.45) is 6.47. The van der Waals surface area contributed by atoms with E-state index in [-0.39, 0.29) is 49.3 Å². The normalized spacial score (nSPS) is 10.7. The van der Waals surface area contributed by atoms with Crippen LogP contribution in [0.25, 0.3) is 0 Å². The minimum absolute atomic E-state index is 0.111. The molecule has 0 aliphatic rings. The molecule has 11 nitrogen and oxygen atoms in total. The van der Waals surface area contributed by atoms with Crippen LogP contribution >= 0.6 is 0 Å². The lowest BCUT2D eigenvalue weighted by Gasteiger charge is -2.24. The van der Waals surface area contributed by atoms with Crippen molar-refractivity contribution in [2.24, 2.45) is 17.2 Å². The molecule has 0 aliphatic heterocycles. The SMILES string of the molecule is CCCCNC(=O)CCC(=O)N(CCN)Cc1ccc(CN(CCN)C(=O)CCC(=O)NCCCCCCN)cc1. The van der Waals surface area contributed by atoms with E-state index in [0.717, 1.165) is 49.7 Å². The van der Waals surface area contributed by atoms with E-state index < -0.39 is 0 Å². The number of carbonyl (C=O) groups is 4. The molecular weight excluding hydrogens is 522 g/mol. The Morgan fingerprint density at radius 1 is 0.610 bits per heavy atom. The van der Waals surface area contributed by atoms with E-state index >= 15 is 0 Å². The van der Waals surface area contributed by atoms with Gasteiger partial charge in [0.25, 0.3) is 0 Å². The third-order valence-electron chi connectivity index (χ3n) is 6.71. The quantitative estimate of drug-likeness (QED) is 0.122. The van der Waals surface area contributed by atoms with Crippen LogP contribution in [-0.4, -0.2) is 79.2 Å². The Morgan fingerprint density at radius 3 is 1.46 bits per heavy atom. The molecule has 0 radical (unpaired) electrons.